The van der Waals surface area contributed by atoms with Gasteiger partial charge in [0.15, 0.2) is 23.4 Å². The molecule has 1 aromatic rings. The highest BCUT2D eigenvalue weighted by atomic mass is 35.5. The molecule has 3 fully saturated rings. The van der Waals surface area contributed by atoms with Crippen molar-refractivity contribution in [2.45, 2.75) is 63.0 Å². The Kier molecular flexibility index (Phi) is 3.87. The van der Waals surface area contributed by atoms with E-state index in [9.17, 15) is 9.90 Å². The van der Waals surface area contributed by atoms with Crippen LogP contribution in [0.25, 0.3) is 0 Å². The van der Waals surface area contributed by atoms with Crippen molar-refractivity contribution in [3.8, 4) is 11.5 Å². The first-order valence-corrected chi connectivity index (χ1v) is 10.4. The Morgan fingerprint density at radius 1 is 1.33 bits per heavy atom. The Morgan fingerprint density at radius 2 is 2.15 bits per heavy atom. The lowest BCUT2D eigenvalue weighted by molar-refractivity contribution is -0.145. The van der Waals surface area contributed by atoms with E-state index >= 15 is 0 Å². The minimum absolute atomic E-state index is 0. The van der Waals surface area contributed by atoms with Crippen LogP contribution in [0.15, 0.2) is 12.1 Å². The minimum atomic E-state index is -0.382. The summed E-state index contributed by atoms with van der Waals surface area (Å²) < 4.78 is 6.22. The molecular formula is C22H28ClNO3. The highest BCUT2D eigenvalue weighted by molar-refractivity contribution is 5.90. The van der Waals surface area contributed by atoms with E-state index in [1.807, 2.05) is 0 Å². The zero-order valence-corrected chi connectivity index (χ0v) is 16.6. The number of rotatable bonds is 2. The number of ketones is 1. The molecule has 1 saturated heterocycles. The molecule has 2 bridgehead atoms. The maximum Gasteiger partial charge on any atom is 0.177 e. The summed E-state index contributed by atoms with van der Waals surface area (Å²) in [6.07, 6.45) is 6.78. The second-order valence-electron chi connectivity index (χ2n) is 9.45. The van der Waals surface area contributed by atoms with Gasteiger partial charge in [-0.3, -0.25) is 9.69 Å². The molecule has 3 aliphatic carbocycles. The first kappa shape index (κ1) is 17.8. The zero-order valence-electron chi connectivity index (χ0n) is 15.8. The van der Waals surface area contributed by atoms with Gasteiger partial charge in [-0.2, -0.15) is 0 Å². The minimum Gasteiger partial charge on any atom is -0.504 e. The first-order chi connectivity index (χ1) is 12.6. The molecule has 0 radical (unpaired) electrons. The molecule has 1 spiro atoms. The second kappa shape index (κ2) is 5.87. The molecule has 4 nitrogen and oxygen atoms in total. The third-order valence-corrected chi connectivity index (χ3v) is 8.30. The van der Waals surface area contributed by atoms with Crippen molar-refractivity contribution in [3.63, 3.8) is 0 Å². The van der Waals surface area contributed by atoms with Gasteiger partial charge < -0.3 is 9.84 Å². The number of halogens is 1. The molecule has 1 N–H and O–H groups in total. The largest absolute Gasteiger partial charge is 0.504 e. The van der Waals surface area contributed by atoms with E-state index in [1.54, 1.807) is 6.07 Å². The highest BCUT2D eigenvalue weighted by Gasteiger charge is 2.67. The number of likely N-dealkylation sites (tertiary alicyclic amines) is 1. The molecule has 146 valence electrons. The Morgan fingerprint density at radius 3 is 2.89 bits per heavy atom. The summed E-state index contributed by atoms with van der Waals surface area (Å²) in [5, 5.41) is 10.4. The number of hydrogen-bond donors (Lipinski definition) is 1. The Balaban J connectivity index is 0.00000160. The quantitative estimate of drug-likeness (QED) is 0.841. The average molecular weight is 390 g/mol. The standard InChI is InChI=1S/C22H27NO3.ClH/c1-12-9-15-16-10-14-5-6-17(24)20-18(14)22(15,21(26-20)19(12)25)7-8-23(16)11-13-3-2-4-13;/h5-6,12-13,15-16,21,24H,2-4,7-11H2,1H3;1H/t12-,15-,16+,21-,22-;/m0./s1. The van der Waals surface area contributed by atoms with Gasteiger partial charge in [0.1, 0.15) is 0 Å². The number of nitrogens with zero attached hydrogens (tertiary/aromatic N) is 1. The van der Waals surface area contributed by atoms with Crippen LogP contribution < -0.4 is 4.74 Å². The molecule has 0 aromatic heterocycles. The summed E-state index contributed by atoms with van der Waals surface area (Å²) in [5.74, 6) is 2.48. The van der Waals surface area contributed by atoms with Crippen molar-refractivity contribution in [1.29, 1.82) is 0 Å². The summed E-state index contributed by atoms with van der Waals surface area (Å²) in [7, 11) is 0. The van der Waals surface area contributed by atoms with E-state index in [4.69, 9.17) is 4.74 Å². The number of carbonyl (C=O) groups is 1. The molecule has 1 aromatic carbocycles. The van der Waals surface area contributed by atoms with Gasteiger partial charge in [0.2, 0.25) is 0 Å². The molecule has 5 heteroatoms. The summed E-state index contributed by atoms with van der Waals surface area (Å²) in [4.78, 5) is 15.8. The monoisotopic (exact) mass is 389 g/mol. The molecule has 0 unspecified atom stereocenters. The van der Waals surface area contributed by atoms with Crippen molar-refractivity contribution in [3.05, 3.63) is 23.3 Å². The summed E-state index contributed by atoms with van der Waals surface area (Å²) in [6.45, 7) is 4.36. The number of phenolic OH excluding ortho intramolecular Hbond substituents is 1. The van der Waals surface area contributed by atoms with Crippen LogP contribution in [0.5, 0.6) is 11.5 Å². The van der Waals surface area contributed by atoms with Gasteiger partial charge in [0.25, 0.3) is 0 Å². The van der Waals surface area contributed by atoms with Crippen LogP contribution in [0.2, 0.25) is 0 Å². The lowest BCUT2D eigenvalue weighted by Gasteiger charge is -2.59. The predicted octanol–water partition coefficient (Wildman–Crippen LogP) is 3.47. The molecule has 6 rings (SSSR count). The molecule has 2 saturated carbocycles. The van der Waals surface area contributed by atoms with Gasteiger partial charge in [-0.25, -0.2) is 0 Å². The zero-order chi connectivity index (χ0) is 17.6. The van der Waals surface area contributed by atoms with E-state index in [-0.39, 0.29) is 41.4 Å². The third kappa shape index (κ3) is 2.12. The molecule has 5 aliphatic rings. The van der Waals surface area contributed by atoms with Crippen LogP contribution >= 0.6 is 12.4 Å². The number of hydrogen-bond acceptors (Lipinski definition) is 4. The van der Waals surface area contributed by atoms with Crippen molar-refractivity contribution in [2.24, 2.45) is 17.8 Å². The fourth-order valence-corrected chi connectivity index (χ4v) is 6.84. The van der Waals surface area contributed by atoms with E-state index in [0.717, 1.165) is 31.7 Å². The summed E-state index contributed by atoms with van der Waals surface area (Å²) in [5.41, 5.74) is 2.31. The SMILES string of the molecule is C[C@H]1C[C@H]2[C@H]3Cc4ccc(O)c5c4[C@@]2(CCN3CC2CCC2)[C@@H](O5)C1=O.Cl. The lowest BCUT2D eigenvalue weighted by Crippen LogP contribution is -2.67. The lowest BCUT2D eigenvalue weighted by atomic mass is 9.50. The molecule has 2 heterocycles. The number of carbonyl (C=O) groups excluding carboxylic acids is 1. The Bertz CT molecular complexity index is 807. The van der Waals surface area contributed by atoms with Gasteiger partial charge in [0.05, 0.1) is 0 Å². The van der Waals surface area contributed by atoms with Crippen molar-refractivity contribution in [1.82, 2.24) is 4.90 Å². The number of aromatic hydroxyl groups is 1. The van der Waals surface area contributed by atoms with Gasteiger partial charge in [-0.1, -0.05) is 19.4 Å². The number of benzene rings is 1. The van der Waals surface area contributed by atoms with Crippen molar-refractivity contribution < 1.29 is 14.6 Å². The van der Waals surface area contributed by atoms with E-state index in [1.165, 1.54) is 36.9 Å². The fourth-order valence-electron chi connectivity index (χ4n) is 6.84. The van der Waals surface area contributed by atoms with Crippen LogP contribution in [0.4, 0.5) is 0 Å². The topological polar surface area (TPSA) is 49.8 Å². The van der Waals surface area contributed by atoms with Crippen molar-refractivity contribution >= 4 is 18.2 Å². The third-order valence-electron chi connectivity index (χ3n) is 8.30. The second-order valence-corrected chi connectivity index (χ2v) is 9.45. The van der Waals surface area contributed by atoms with Gasteiger partial charge in [-0.05, 0) is 62.1 Å². The van der Waals surface area contributed by atoms with Crippen LogP contribution in [-0.2, 0) is 16.6 Å². The highest BCUT2D eigenvalue weighted by Crippen LogP contribution is 2.63. The van der Waals surface area contributed by atoms with E-state index < -0.39 is 0 Å². The van der Waals surface area contributed by atoms with Crippen LogP contribution in [0, 0.1) is 17.8 Å². The number of phenols is 1. The van der Waals surface area contributed by atoms with Gasteiger partial charge in [0, 0.05) is 29.5 Å². The number of Topliss-reactive ketones (excluding diaryl/α,β-unsaturated/α-hetero) is 1. The first-order valence-electron chi connectivity index (χ1n) is 10.4. The van der Waals surface area contributed by atoms with E-state index in [2.05, 4.69) is 17.9 Å². The fraction of sp³-hybridized carbons (Fsp3) is 0.682. The van der Waals surface area contributed by atoms with Crippen LogP contribution in [0.1, 0.15) is 50.2 Å². The van der Waals surface area contributed by atoms with Gasteiger partial charge >= 0.3 is 0 Å². The normalized spacial score (nSPS) is 39.2. The van der Waals surface area contributed by atoms with Crippen molar-refractivity contribution in [2.75, 3.05) is 13.1 Å². The smallest absolute Gasteiger partial charge is 0.177 e. The number of piperidine rings is 1. The number of ether oxygens (including phenoxy) is 1. The summed E-state index contributed by atoms with van der Waals surface area (Å²) in [6, 6.07) is 4.37. The maximum atomic E-state index is 13.1. The Labute approximate surface area is 166 Å². The van der Waals surface area contributed by atoms with Gasteiger partial charge in [-0.15, -0.1) is 12.4 Å². The Hall–Kier alpha value is -1.26. The predicted molar refractivity (Wildman–Crippen MR) is 105 cm³/mol. The average Bonchev–Trinajstić information content (AvgIpc) is 2.93. The van der Waals surface area contributed by atoms with E-state index in [0.29, 0.717) is 17.7 Å². The maximum absolute atomic E-state index is 13.1. The molecule has 27 heavy (non-hydrogen) atoms. The molecular weight excluding hydrogens is 362 g/mol. The summed E-state index contributed by atoms with van der Waals surface area (Å²) >= 11 is 0. The molecule has 0 amide bonds. The molecule has 2 aliphatic heterocycles. The molecule has 5 atom stereocenters. The van der Waals surface area contributed by atoms with Crippen LogP contribution in [-0.4, -0.2) is 41.0 Å². The van der Waals surface area contributed by atoms with Crippen LogP contribution in [0.3, 0.4) is 0 Å².